The van der Waals surface area contributed by atoms with Crippen LogP contribution in [0.1, 0.15) is 13.8 Å². The van der Waals surface area contributed by atoms with Crippen molar-refractivity contribution in [2.75, 3.05) is 10.6 Å². The number of carbonyl (C=O) groups excluding carboxylic acids is 1. The maximum Gasteiger partial charge on any atom is 0.324 e. The van der Waals surface area contributed by atoms with Crippen molar-refractivity contribution in [3.8, 4) is 0 Å². The molecule has 0 aliphatic heterocycles. The van der Waals surface area contributed by atoms with E-state index in [1.165, 1.54) is 43.5 Å². The molecule has 0 spiro atoms. The second-order valence-corrected chi connectivity index (χ2v) is 8.92. The number of nitro benzene ring substituents is 1. The number of nitrogens with zero attached hydrogens (tertiary/aromatic N) is 1. The van der Waals surface area contributed by atoms with Crippen LogP contribution in [0.2, 0.25) is 5.02 Å². The Balaban J connectivity index is 2.21. The first-order valence-electron chi connectivity index (χ1n) is 6.97. The molecule has 1 aromatic heterocycles. The van der Waals surface area contributed by atoms with E-state index in [-0.39, 0.29) is 26.3 Å². The molecule has 0 atom stereocenters. The molecule has 0 aliphatic carbocycles. The van der Waals surface area contributed by atoms with Gasteiger partial charge in [-0.05, 0) is 19.9 Å². The van der Waals surface area contributed by atoms with Crippen molar-refractivity contribution in [3.05, 3.63) is 44.8 Å². The SMILES string of the molecule is CC(C)S(=O)(=O)c1csc(NC(=O)Nc2ccccc2[N+](=O)[O-])c1Cl. The Morgan fingerprint density at radius 1 is 1.28 bits per heavy atom. The number of benzene rings is 1. The smallest absolute Gasteiger partial charge is 0.302 e. The lowest BCUT2D eigenvalue weighted by molar-refractivity contribution is -0.383. The van der Waals surface area contributed by atoms with E-state index in [0.29, 0.717) is 0 Å². The normalized spacial score (nSPS) is 11.4. The Labute approximate surface area is 152 Å². The van der Waals surface area contributed by atoms with Gasteiger partial charge >= 0.3 is 6.03 Å². The predicted molar refractivity (Wildman–Crippen MR) is 97.4 cm³/mol. The average molecular weight is 404 g/mol. The molecule has 0 unspecified atom stereocenters. The molecule has 0 saturated carbocycles. The summed E-state index contributed by atoms with van der Waals surface area (Å²) < 4.78 is 24.4. The fraction of sp³-hybridized carbons (Fsp3) is 0.214. The first-order chi connectivity index (χ1) is 11.6. The fourth-order valence-electron chi connectivity index (χ4n) is 1.85. The summed E-state index contributed by atoms with van der Waals surface area (Å²) in [6.45, 7) is 3.05. The molecule has 1 aromatic carbocycles. The molecule has 2 rings (SSSR count). The number of hydrogen-bond donors (Lipinski definition) is 2. The van der Waals surface area contributed by atoms with Gasteiger partial charge in [-0.2, -0.15) is 0 Å². The van der Waals surface area contributed by atoms with Crippen LogP contribution in [0.4, 0.5) is 21.2 Å². The monoisotopic (exact) mass is 403 g/mol. The number of urea groups is 1. The lowest BCUT2D eigenvalue weighted by Gasteiger charge is -2.08. The summed E-state index contributed by atoms with van der Waals surface area (Å²) in [4.78, 5) is 22.3. The highest BCUT2D eigenvalue weighted by Gasteiger charge is 2.26. The number of rotatable bonds is 5. The number of sulfone groups is 1. The summed E-state index contributed by atoms with van der Waals surface area (Å²) in [6.07, 6.45) is 0. The van der Waals surface area contributed by atoms with Crippen molar-refractivity contribution in [2.45, 2.75) is 24.0 Å². The Bertz CT molecular complexity index is 924. The summed E-state index contributed by atoms with van der Waals surface area (Å²) in [5.41, 5.74) is -0.259. The van der Waals surface area contributed by atoms with Crippen molar-refractivity contribution in [1.29, 1.82) is 0 Å². The van der Waals surface area contributed by atoms with Crippen LogP contribution in [0.15, 0.2) is 34.5 Å². The molecular formula is C14H14ClN3O5S2. The van der Waals surface area contributed by atoms with Crippen molar-refractivity contribution < 1.29 is 18.1 Å². The van der Waals surface area contributed by atoms with Crippen LogP contribution in [0.3, 0.4) is 0 Å². The van der Waals surface area contributed by atoms with Gasteiger partial charge in [-0.25, -0.2) is 13.2 Å². The molecule has 25 heavy (non-hydrogen) atoms. The minimum atomic E-state index is -3.58. The number of nitrogens with one attached hydrogen (secondary N) is 2. The first-order valence-corrected chi connectivity index (χ1v) is 9.77. The Morgan fingerprint density at radius 2 is 1.92 bits per heavy atom. The molecule has 134 valence electrons. The van der Waals surface area contributed by atoms with Gasteiger partial charge in [0.1, 0.15) is 10.7 Å². The summed E-state index contributed by atoms with van der Waals surface area (Å²) in [6, 6.07) is 4.87. The molecule has 2 N–H and O–H groups in total. The average Bonchev–Trinajstić information content (AvgIpc) is 2.89. The molecule has 0 fully saturated rings. The van der Waals surface area contributed by atoms with Crippen LogP contribution >= 0.6 is 22.9 Å². The Kier molecular flexibility index (Phi) is 5.65. The van der Waals surface area contributed by atoms with E-state index < -0.39 is 26.0 Å². The van der Waals surface area contributed by atoms with Gasteiger partial charge in [0.2, 0.25) is 0 Å². The highest BCUT2D eigenvalue weighted by atomic mass is 35.5. The largest absolute Gasteiger partial charge is 0.324 e. The van der Waals surface area contributed by atoms with E-state index in [2.05, 4.69) is 10.6 Å². The van der Waals surface area contributed by atoms with Crippen molar-refractivity contribution in [2.24, 2.45) is 0 Å². The van der Waals surface area contributed by atoms with Gasteiger partial charge < -0.3 is 5.32 Å². The third-order valence-corrected chi connectivity index (χ3v) is 7.04. The zero-order chi connectivity index (χ0) is 18.8. The molecule has 0 bridgehead atoms. The number of nitro groups is 1. The number of hydrogen-bond acceptors (Lipinski definition) is 6. The lowest BCUT2D eigenvalue weighted by Crippen LogP contribution is -2.20. The fourth-order valence-corrected chi connectivity index (χ4v) is 4.79. The standard InChI is InChI=1S/C14H14ClN3O5S2/c1-8(2)25(22,23)11-7-24-13(12(11)15)17-14(19)16-9-5-3-4-6-10(9)18(20)21/h3-8H,1-2H3,(H2,16,17,19). The summed E-state index contributed by atoms with van der Waals surface area (Å²) in [5, 5.41) is 16.4. The van der Waals surface area contributed by atoms with Gasteiger partial charge in [0.15, 0.2) is 9.84 Å². The molecule has 1 heterocycles. The van der Waals surface area contributed by atoms with Crippen molar-refractivity contribution in [1.82, 2.24) is 0 Å². The zero-order valence-electron chi connectivity index (χ0n) is 13.1. The number of carbonyl (C=O) groups is 1. The van der Waals surface area contributed by atoms with E-state index in [9.17, 15) is 23.3 Å². The van der Waals surface area contributed by atoms with Gasteiger partial charge in [-0.15, -0.1) is 11.3 Å². The number of para-hydroxylation sites is 2. The molecule has 2 aromatic rings. The highest BCUT2D eigenvalue weighted by Crippen LogP contribution is 2.37. The van der Waals surface area contributed by atoms with Crippen LogP contribution < -0.4 is 10.6 Å². The number of amides is 2. The van der Waals surface area contributed by atoms with E-state index in [1.807, 2.05) is 0 Å². The predicted octanol–water partition coefficient (Wildman–Crippen LogP) is 4.14. The molecular weight excluding hydrogens is 390 g/mol. The van der Waals surface area contributed by atoms with Gasteiger partial charge in [0, 0.05) is 11.4 Å². The third kappa shape index (κ3) is 4.09. The third-order valence-electron chi connectivity index (χ3n) is 3.20. The van der Waals surface area contributed by atoms with E-state index in [1.54, 1.807) is 0 Å². The highest BCUT2D eigenvalue weighted by molar-refractivity contribution is 7.92. The number of anilines is 2. The summed E-state index contributed by atoms with van der Waals surface area (Å²) >= 11 is 7.02. The molecule has 0 saturated heterocycles. The quantitative estimate of drug-likeness (QED) is 0.574. The van der Waals surface area contributed by atoms with Gasteiger partial charge in [0.05, 0.1) is 20.1 Å². The molecule has 8 nitrogen and oxygen atoms in total. The number of halogens is 1. The Hall–Kier alpha value is -2.17. The molecule has 0 aliphatic rings. The van der Waals surface area contributed by atoms with Crippen LogP contribution in [-0.2, 0) is 9.84 Å². The summed E-state index contributed by atoms with van der Waals surface area (Å²) in [5.74, 6) is 0. The topological polar surface area (TPSA) is 118 Å². The van der Waals surface area contributed by atoms with Gasteiger partial charge in [0.25, 0.3) is 5.69 Å². The first kappa shape index (κ1) is 19.2. The van der Waals surface area contributed by atoms with E-state index in [0.717, 1.165) is 11.3 Å². The molecule has 11 heteroatoms. The zero-order valence-corrected chi connectivity index (χ0v) is 15.5. The van der Waals surface area contributed by atoms with Crippen LogP contribution in [0, 0.1) is 10.1 Å². The Morgan fingerprint density at radius 3 is 2.52 bits per heavy atom. The molecule has 2 amide bonds. The minimum Gasteiger partial charge on any atom is -0.302 e. The van der Waals surface area contributed by atoms with Crippen molar-refractivity contribution >= 4 is 55.2 Å². The van der Waals surface area contributed by atoms with Crippen LogP contribution in [0.5, 0.6) is 0 Å². The second kappa shape index (κ2) is 7.38. The lowest BCUT2D eigenvalue weighted by atomic mass is 10.3. The summed E-state index contributed by atoms with van der Waals surface area (Å²) in [7, 11) is -3.58. The minimum absolute atomic E-state index is 0.00713. The van der Waals surface area contributed by atoms with Gasteiger partial charge in [-0.3, -0.25) is 15.4 Å². The van der Waals surface area contributed by atoms with Crippen LogP contribution in [0.25, 0.3) is 0 Å². The van der Waals surface area contributed by atoms with Gasteiger partial charge in [-0.1, -0.05) is 23.7 Å². The molecule has 0 radical (unpaired) electrons. The maximum atomic E-state index is 12.2. The number of thiophene rings is 1. The van der Waals surface area contributed by atoms with Crippen LogP contribution in [-0.4, -0.2) is 24.6 Å². The van der Waals surface area contributed by atoms with E-state index >= 15 is 0 Å². The maximum absolute atomic E-state index is 12.2. The second-order valence-electron chi connectivity index (χ2n) is 5.19. The van der Waals surface area contributed by atoms with Crippen molar-refractivity contribution in [3.63, 3.8) is 0 Å². The van der Waals surface area contributed by atoms with E-state index in [4.69, 9.17) is 11.6 Å².